The van der Waals surface area contributed by atoms with Crippen molar-refractivity contribution in [1.82, 2.24) is 14.1 Å². The van der Waals surface area contributed by atoms with Crippen molar-refractivity contribution < 1.29 is 0 Å². The molecule has 0 aliphatic rings. The Hall–Kier alpha value is -6.71. The van der Waals surface area contributed by atoms with Crippen LogP contribution in [0.1, 0.15) is 0 Å². The normalized spacial score (nSPS) is 11.6. The first-order valence-corrected chi connectivity index (χ1v) is 17.1. The third-order valence-electron chi connectivity index (χ3n) is 9.97. The fourth-order valence-electron chi connectivity index (χ4n) is 7.70. The van der Waals surface area contributed by atoms with E-state index in [-0.39, 0.29) is 0 Å². The second-order valence-electron chi connectivity index (χ2n) is 12.8. The van der Waals surface area contributed by atoms with Crippen molar-refractivity contribution in [3.05, 3.63) is 188 Å². The van der Waals surface area contributed by atoms with E-state index in [4.69, 9.17) is 4.98 Å². The average molecular weight is 638 g/mol. The Morgan fingerprint density at radius 1 is 0.340 bits per heavy atom. The van der Waals surface area contributed by atoms with Crippen LogP contribution < -0.4 is 0 Å². The van der Waals surface area contributed by atoms with E-state index < -0.39 is 0 Å². The van der Waals surface area contributed by atoms with Crippen molar-refractivity contribution in [1.29, 1.82) is 0 Å². The third kappa shape index (κ3) is 4.48. The van der Waals surface area contributed by atoms with Gasteiger partial charge in [0.25, 0.3) is 0 Å². The molecule has 0 bridgehead atoms. The highest BCUT2D eigenvalue weighted by atomic mass is 15.0. The van der Waals surface area contributed by atoms with Gasteiger partial charge in [0.1, 0.15) is 0 Å². The molecular weight excluding hydrogens is 607 g/mol. The highest BCUT2D eigenvalue weighted by Crippen LogP contribution is 2.41. The maximum atomic E-state index is 4.86. The molecule has 234 valence electrons. The Morgan fingerprint density at radius 3 is 1.78 bits per heavy atom. The van der Waals surface area contributed by atoms with Gasteiger partial charge in [-0.2, -0.15) is 0 Å². The molecule has 0 N–H and O–H groups in total. The lowest BCUT2D eigenvalue weighted by molar-refractivity contribution is 1.18. The van der Waals surface area contributed by atoms with E-state index in [1.807, 2.05) is 12.3 Å². The van der Waals surface area contributed by atoms with Gasteiger partial charge in [0.15, 0.2) is 0 Å². The molecule has 0 saturated carbocycles. The van der Waals surface area contributed by atoms with Crippen LogP contribution in [-0.4, -0.2) is 14.1 Å². The molecule has 0 radical (unpaired) electrons. The Balaban J connectivity index is 1.18. The second kappa shape index (κ2) is 11.5. The summed E-state index contributed by atoms with van der Waals surface area (Å²) in [5, 5.41) is 3.63. The molecule has 0 spiro atoms. The van der Waals surface area contributed by atoms with Crippen molar-refractivity contribution in [2.24, 2.45) is 0 Å². The van der Waals surface area contributed by atoms with Gasteiger partial charge in [0.05, 0.1) is 27.6 Å². The minimum Gasteiger partial charge on any atom is -0.309 e. The maximum absolute atomic E-state index is 4.86. The van der Waals surface area contributed by atoms with Crippen LogP contribution in [0.25, 0.3) is 88.5 Å². The number of nitrogens with zero attached hydrogens (tertiary/aromatic N) is 3. The molecule has 0 amide bonds. The summed E-state index contributed by atoms with van der Waals surface area (Å²) in [6, 6.07) is 65.4. The van der Waals surface area contributed by atoms with Crippen molar-refractivity contribution in [2.45, 2.75) is 0 Å². The largest absolute Gasteiger partial charge is 0.309 e. The Bertz CT molecular complexity index is 2840. The number of pyridine rings is 1. The van der Waals surface area contributed by atoms with E-state index in [0.717, 1.165) is 33.3 Å². The maximum Gasteiger partial charge on any atom is 0.0963 e. The first-order chi connectivity index (χ1) is 24.8. The van der Waals surface area contributed by atoms with Crippen molar-refractivity contribution >= 4 is 43.7 Å². The van der Waals surface area contributed by atoms with E-state index >= 15 is 0 Å². The second-order valence-corrected chi connectivity index (χ2v) is 12.8. The minimum absolute atomic E-state index is 1.01. The number of aromatic nitrogens is 3. The van der Waals surface area contributed by atoms with Crippen LogP contribution in [0.4, 0.5) is 0 Å². The van der Waals surface area contributed by atoms with Crippen LogP contribution in [0.5, 0.6) is 0 Å². The van der Waals surface area contributed by atoms with Gasteiger partial charge in [-0.3, -0.25) is 4.98 Å². The average Bonchev–Trinajstić information content (AvgIpc) is 3.71. The summed E-state index contributed by atoms with van der Waals surface area (Å²) in [6.45, 7) is 0. The SMILES string of the molecule is c1ccc(-c2ccc(-n3c4cc(-c5cccc6c5c5ccccc5n6-c5cccc(-c6ccccc6)c5)ccc4c4ncccc43)cc2)cc1. The molecule has 10 aromatic rings. The molecule has 3 aromatic heterocycles. The molecule has 0 atom stereocenters. The van der Waals surface area contributed by atoms with Gasteiger partial charge in [-0.25, -0.2) is 0 Å². The summed E-state index contributed by atoms with van der Waals surface area (Å²) in [5.41, 5.74) is 15.1. The highest BCUT2D eigenvalue weighted by Gasteiger charge is 2.19. The molecule has 7 aromatic carbocycles. The monoisotopic (exact) mass is 637 g/mol. The zero-order valence-electron chi connectivity index (χ0n) is 27.2. The Kier molecular flexibility index (Phi) is 6.49. The van der Waals surface area contributed by atoms with E-state index in [2.05, 4.69) is 185 Å². The lowest BCUT2D eigenvalue weighted by Crippen LogP contribution is -1.95. The number of rotatable bonds is 5. The summed E-state index contributed by atoms with van der Waals surface area (Å²) >= 11 is 0. The zero-order valence-corrected chi connectivity index (χ0v) is 27.2. The first-order valence-electron chi connectivity index (χ1n) is 17.1. The van der Waals surface area contributed by atoms with Crippen molar-refractivity contribution in [3.63, 3.8) is 0 Å². The standard InChI is InChI=1S/C47H31N3/c1-3-12-32(13-4-1)34-23-26-37(27-24-34)49-44-22-11-29-48-47(44)41-28-25-36(31-45(41)49)39-19-10-21-43-46(39)40-18-7-8-20-42(40)50(43)38-17-9-16-35(30-38)33-14-5-2-6-15-33/h1-31H. The van der Waals surface area contributed by atoms with Crippen LogP contribution in [0.15, 0.2) is 188 Å². The number of hydrogen-bond acceptors (Lipinski definition) is 1. The van der Waals surface area contributed by atoms with Gasteiger partial charge in [-0.1, -0.05) is 121 Å². The van der Waals surface area contributed by atoms with Crippen molar-refractivity contribution in [3.8, 4) is 44.8 Å². The van der Waals surface area contributed by atoms with Crippen LogP contribution in [0.3, 0.4) is 0 Å². The molecule has 0 unspecified atom stereocenters. The highest BCUT2D eigenvalue weighted by molar-refractivity contribution is 6.17. The fraction of sp³-hybridized carbons (Fsp3) is 0. The summed E-state index contributed by atoms with van der Waals surface area (Å²) in [4.78, 5) is 4.86. The quantitative estimate of drug-likeness (QED) is 0.184. The van der Waals surface area contributed by atoms with Gasteiger partial charge < -0.3 is 9.13 Å². The number of hydrogen-bond donors (Lipinski definition) is 0. The predicted molar refractivity (Wildman–Crippen MR) is 209 cm³/mol. The van der Waals surface area contributed by atoms with Gasteiger partial charge in [0, 0.05) is 33.7 Å². The lowest BCUT2D eigenvalue weighted by Gasteiger charge is -2.12. The molecular formula is C47H31N3. The molecule has 0 aliphatic carbocycles. The van der Waals surface area contributed by atoms with E-state index in [0.29, 0.717) is 0 Å². The molecule has 50 heavy (non-hydrogen) atoms. The third-order valence-corrected chi connectivity index (χ3v) is 9.97. The smallest absolute Gasteiger partial charge is 0.0963 e. The van der Waals surface area contributed by atoms with Gasteiger partial charge in [-0.05, 0) is 94.0 Å². The molecule has 0 aliphatic heterocycles. The minimum atomic E-state index is 1.01. The Morgan fingerprint density at radius 2 is 0.960 bits per heavy atom. The summed E-state index contributed by atoms with van der Waals surface area (Å²) < 4.78 is 4.77. The molecule has 0 fully saturated rings. The molecule has 10 rings (SSSR count). The predicted octanol–water partition coefficient (Wildman–Crippen LogP) is 12.3. The first kappa shape index (κ1) is 28.3. The summed E-state index contributed by atoms with van der Waals surface area (Å²) in [7, 11) is 0. The number of para-hydroxylation sites is 1. The number of fused-ring (bicyclic) bond motifs is 6. The molecule has 3 heterocycles. The van der Waals surface area contributed by atoms with Crippen LogP contribution in [0, 0.1) is 0 Å². The fourth-order valence-corrected chi connectivity index (χ4v) is 7.70. The molecule has 0 saturated heterocycles. The zero-order chi connectivity index (χ0) is 33.0. The van der Waals surface area contributed by atoms with Crippen LogP contribution in [0.2, 0.25) is 0 Å². The van der Waals surface area contributed by atoms with Gasteiger partial charge in [0.2, 0.25) is 0 Å². The molecule has 3 heteroatoms. The van der Waals surface area contributed by atoms with E-state index in [1.54, 1.807) is 0 Å². The number of benzene rings is 7. The summed E-state index contributed by atoms with van der Waals surface area (Å²) in [6.07, 6.45) is 1.89. The van der Waals surface area contributed by atoms with Crippen LogP contribution in [-0.2, 0) is 0 Å². The van der Waals surface area contributed by atoms with Crippen LogP contribution >= 0.6 is 0 Å². The van der Waals surface area contributed by atoms with Crippen molar-refractivity contribution in [2.75, 3.05) is 0 Å². The lowest BCUT2D eigenvalue weighted by atomic mass is 9.98. The molecule has 3 nitrogen and oxygen atoms in total. The van der Waals surface area contributed by atoms with E-state index in [9.17, 15) is 0 Å². The van der Waals surface area contributed by atoms with Gasteiger partial charge >= 0.3 is 0 Å². The van der Waals surface area contributed by atoms with E-state index in [1.165, 1.54) is 55.2 Å². The summed E-state index contributed by atoms with van der Waals surface area (Å²) in [5.74, 6) is 0. The van der Waals surface area contributed by atoms with Gasteiger partial charge in [-0.15, -0.1) is 0 Å². The topological polar surface area (TPSA) is 22.8 Å². The Labute approximate surface area is 290 Å².